The fourth-order valence-corrected chi connectivity index (χ4v) is 7.68. The molecule has 0 aliphatic carbocycles. The Morgan fingerprint density at radius 1 is 0.740 bits per heavy atom. The molecule has 0 radical (unpaired) electrons. The number of hydrogen-bond acceptors (Lipinski definition) is 11. The Labute approximate surface area is 298 Å². The van der Waals surface area contributed by atoms with Crippen LogP contribution in [-0.4, -0.2) is 65.4 Å². The van der Waals surface area contributed by atoms with Gasteiger partial charge in [-0.3, -0.25) is 19.2 Å². The van der Waals surface area contributed by atoms with Crippen molar-refractivity contribution in [2.24, 2.45) is 0 Å². The predicted octanol–water partition coefficient (Wildman–Crippen LogP) is 7.05. The number of benzene rings is 3. The van der Waals surface area contributed by atoms with E-state index in [9.17, 15) is 24.3 Å². The second-order valence-electron chi connectivity index (χ2n) is 14.6. The number of esters is 4. The van der Waals surface area contributed by atoms with Crippen LogP contribution in [0.2, 0.25) is 0 Å². The third-order valence-corrected chi connectivity index (χ3v) is 9.82. The SMILES string of the molecule is CC(=O)OC[C@@H]1O[C@H](S[C@@H](c2cc(C(C)(C)C)c(O)c(C(C)(C)C)c2)c2cccc3ccccc23)C(OC(C)=O)C(OC(C)=O)[C@@H]1OC(C)=O. The van der Waals surface area contributed by atoms with Crippen LogP contribution in [0.15, 0.2) is 54.6 Å². The molecule has 1 aliphatic heterocycles. The quantitative estimate of drug-likeness (QED) is 0.181. The molecule has 1 fully saturated rings. The third-order valence-electron chi connectivity index (χ3n) is 8.38. The van der Waals surface area contributed by atoms with Gasteiger partial charge >= 0.3 is 23.9 Å². The van der Waals surface area contributed by atoms with Crippen LogP contribution in [-0.2, 0) is 53.7 Å². The highest BCUT2D eigenvalue weighted by Crippen LogP contribution is 2.49. The largest absolute Gasteiger partial charge is 0.507 e. The van der Waals surface area contributed by atoms with Crippen molar-refractivity contribution >= 4 is 46.4 Å². The summed E-state index contributed by atoms with van der Waals surface area (Å²) < 4.78 is 29.1. The van der Waals surface area contributed by atoms with Gasteiger partial charge < -0.3 is 28.8 Å². The monoisotopic (exact) mass is 708 g/mol. The maximum Gasteiger partial charge on any atom is 0.303 e. The van der Waals surface area contributed by atoms with Gasteiger partial charge in [0.05, 0.1) is 5.25 Å². The fourth-order valence-electron chi connectivity index (χ4n) is 6.19. The van der Waals surface area contributed by atoms with Crippen molar-refractivity contribution in [3.63, 3.8) is 0 Å². The molecule has 270 valence electrons. The van der Waals surface area contributed by atoms with E-state index in [1.165, 1.54) is 39.5 Å². The number of hydrogen-bond donors (Lipinski definition) is 1. The van der Waals surface area contributed by atoms with E-state index in [0.29, 0.717) is 0 Å². The minimum absolute atomic E-state index is 0.225. The summed E-state index contributed by atoms with van der Waals surface area (Å²) >= 11 is 1.32. The lowest BCUT2D eigenvalue weighted by atomic mass is 9.77. The van der Waals surface area contributed by atoms with Gasteiger partial charge in [0.15, 0.2) is 18.3 Å². The normalized spacial score (nSPS) is 21.6. The number of ether oxygens (including phenoxy) is 5. The molecule has 1 heterocycles. The van der Waals surface area contributed by atoms with Crippen LogP contribution >= 0.6 is 11.8 Å². The molecule has 0 saturated carbocycles. The molecule has 3 aromatic carbocycles. The third kappa shape index (κ3) is 9.17. The summed E-state index contributed by atoms with van der Waals surface area (Å²) in [6, 6.07) is 18.0. The van der Waals surface area contributed by atoms with E-state index in [1.54, 1.807) is 0 Å². The number of aromatic hydroxyl groups is 1. The lowest BCUT2D eigenvalue weighted by Gasteiger charge is -2.45. The van der Waals surface area contributed by atoms with Crippen molar-refractivity contribution in [1.29, 1.82) is 0 Å². The molecule has 1 saturated heterocycles. The Bertz CT molecular complexity index is 1700. The van der Waals surface area contributed by atoms with Gasteiger partial charge in [0, 0.05) is 27.7 Å². The average Bonchev–Trinajstić information content (AvgIpc) is 2.99. The fraction of sp³-hybridized carbons (Fsp3) is 0.487. The Hall–Kier alpha value is -4.09. The van der Waals surface area contributed by atoms with Crippen LogP contribution in [0.4, 0.5) is 0 Å². The van der Waals surface area contributed by atoms with E-state index < -0.39 is 69.8 Å². The molecule has 2 unspecified atom stereocenters. The van der Waals surface area contributed by atoms with Crippen LogP contribution in [0.3, 0.4) is 0 Å². The molecule has 0 aromatic heterocycles. The molecular weight excluding hydrogens is 660 g/mol. The van der Waals surface area contributed by atoms with E-state index in [0.717, 1.165) is 33.0 Å². The summed E-state index contributed by atoms with van der Waals surface area (Å²) in [4.78, 5) is 49.4. The topological polar surface area (TPSA) is 135 Å². The standard InChI is InChI=1S/C39H48O10S/c1-21(40)45-20-31-33(46-22(2)41)34(47-23(3)42)35(48-24(4)43)37(49-31)50-36(28-17-13-15-25-14-11-12-16-27(25)28)26-18-29(38(5,6)7)32(44)30(19-26)39(8,9)10/h11-19,31,33-37,44H,20H2,1-10H3/t31-,33+,34?,35?,36-,37+/m0/s1. The maximum absolute atomic E-state index is 12.6. The Balaban J connectivity index is 2.00. The zero-order valence-corrected chi connectivity index (χ0v) is 31.2. The van der Waals surface area contributed by atoms with Gasteiger partial charge in [-0.15, -0.1) is 11.8 Å². The van der Waals surface area contributed by atoms with Crippen LogP contribution in [0, 0.1) is 0 Å². The van der Waals surface area contributed by atoms with Crippen LogP contribution in [0.1, 0.15) is 96.7 Å². The smallest absolute Gasteiger partial charge is 0.303 e. The highest BCUT2D eigenvalue weighted by molar-refractivity contribution is 8.00. The molecule has 1 aliphatic rings. The Morgan fingerprint density at radius 2 is 1.26 bits per heavy atom. The number of phenolic OH excluding ortho intramolecular Hbond substituents is 1. The van der Waals surface area contributed by atoms with Gasteiger partial charge in [-0.1, -0.05) is 96.1 Å². The summed E-state index contributed by atoms with van der Waals surface area (Å²) in [5, 5.41) is 13.1. The maximum atomic E-state index is 12.6. The molecule has 0 bridgehead atoms. The molecule has 11 heteroatoms. The molecule has 1 N–H and O–H groups in total. The first-order chi connectivity index (χ1) is 23.3. The summed E-state index contributed by atoms with van der Waals surface area (Å²) in [6.45, 7) is 16.8. The van der Waals surface area contributed by atoms with E-state index in [1.807, 2.05) is 96.1 Å². The minimum atomic E-state index is -1.30. The molecular formula is C39H48O10S. The van der Waals surface area contributed by atoms with Gasteiger partial charge in [0.2, 0.25) is 0 Å². The summed E-state index contributed by atoms with van der Waals surface area (Å²) in [7, 11) is 0. The Morgan fingerprint density at radius 3 is 1.80 bits per heavy atom. The van der Waals surface area contributed by atoms with Gasteiger partial charge in [0.25, 0.3) is 0 Å². The van der Waals surface area contributed by atoms with Crippen molar-refractivity contribution in [3.8, 4) is 5.75 Å². The highest BCUT2D eigenvalue weighted by atomic mass is 32.2. The molecule has 0 spiro atoms. The van der Waals surface area contributed by atoms with E-state index in [-0.39, 0.29) is 12.4 Å². The van der Waals surface area contributed by atoms with Crippen LogP contribution < -0.4 is 0 Å². The van der Waals surface area contributed by atoms with Gasteiger partial charge in [0.1, 0.15) is 23.9 Å². The zero-order valence-electron chi connectivity index (χ0n) is 30.4. The molecule has 10 nitrogen and oxygen atoms in total. The second kappa shape index (κ2) is 15.4. The van der Waals surface area contributed by atoms with E-state index in [2.05, 4.69) is 0 Å². The lowest BCUT2D eigenvalue weighted by Crippen LogP contribution is -2.61. The van der Waals surface area contributed by atoms with Crippen molar-refractivity contribution < 1.29 is 48.0 Å². The summed E-state index contributed by atoms with van der Waals surface area (Å²) in [5.41, 5.74) is 1.41. The van der Waals surface area contributed by atoms with Crippen LogP contribution in [0.25, 0.3) is 10.8 Å². The number of carbonyl (C=O) groups is 4. The number of thioether (sulfide) groups is 1. The molecule has 4 rings (SSSR count). The lowest BCUT2D eigenvalue weighted by molar-refractivity contribution is -0.237. The van der Waals surface area contributed by atoms with E-state index >= 15 is 0 Å². The van der Waals surface area contributed by atoms with Crippen molar-refractivity contribution in [2.75, 3.05) is 6.61 Å². The molecule has 50 heavy (non-hydrogen) atoms. The predicted molar refractivity (Wildman–Crippen MR) is 191 cm³/mol. The average molecular weight is 709 g/mol. The first-order valence-electron chi connectivity index (χ1n) is 16.6. The van der Waals surface area contributed by atoms with Crippen molar-refractivity contribution in [2.45, 2.75) is 115 Å². The van der Waals surface area contributed by atoms with Crippen LogP contribution in [0.5, 0.6) is 5.75 Å². The van der Waals surface area contributed by atoms with Crippen molar-refractivity contribution in [1.82, 2.24) is 0 Å². The number of phenols is 1. The molecule has 0 amide bonds. The molecule has 6 atom stereocenters. The van der Waals surface area contributed by atoms with E-state index in [4.69, 9.17) is 23.7 Å². The first-order valence-corrected chi connectivity index (χ1v) is 17.5. The Kier molecular flexibility index (Phi) is 11.9. The summed E-state index contributed by atoms with van der Waals surface area (Å²) in [6.07, 6.45) is -4.88. The number of carbonyl (C=O) groups excluding carboxylic acids is 4. The number of rotatable bonds is 9. The highest BCUT2D eigenvalue weighted by Gasteiger charge is 2.53. The minimum Gasteiger partial charge on any atom is -0.507 e. The number of fused-ring (bicyclic) bond motifs is 1. The zero-order chi connectivity index (χ0) is 37.1. The molecule has 3 aromatic rings. The first kappa shape index (κ1) is 38.7. The second-order valence-corrected chi connectivity index (χ2v) is 15.8. The van der Waals surface area contributed by atoms with Crippen molar-refractivity contribution in [3.05, 3.63) is 76.9 Å². The van der Waals surface area contributed by atoms with Gasteiger partial charge in [-0.25, -0.2) is 0 Å². The summed E-state index contributed by atoms with van der Waals surface area (Å²) in [5.74, 6) is -2.43. The van der Waals surface area contributed by atoms with Gasteiger partial charge in [-0.05, 0) is 43.9 Å². The van der Waals surface area contributed by atoms with Gasteiger partial charge in [-0.2, -0.15) is 0 Å².